The zero-order chi connectivity index (χ0) is 20.6. The van der Waals surface area contributed by atoms with Crippen LogP contribution in [-0.4, -0.2) is 35.3 Å². The molecule has 5 heteroatoms. The Morgan fingerprint density at radius 2 is 1.72 bits per heavy atom. The fourth-order valence-corrected chi connectivity index (χ4v) is 3.87. The van der Waals surface area contributed by atoms with Gasteiger partial charge >= 0.3 is 0 Å². The summed E-state index contributed by atoms with van der Waals surface area (Å²) >= 11 is 0. The molecular weight excluding hydrogens is 367 g/mol. The lowest BCUT2D eigenvalue weighted by Crippen LogP contribution is -2.51. The fraction of sp³-hybridized carbons (Fsp3) is 0.417. The van der Waals surface area contributed by atoms with Gasteiger partial charge in [0.2, 0.25) is 11.8 Å². The lowest BCUT2D eigenvalue weighted by molar-refractivity contribution is -0.139. The number of nitrogens with one attached hydrogen (secondary N) is 1. The molecule has 4 nitrogen and oxygen atoms in total. The first-order valence-corrected chi connectivity index (χ1v) is 10.4. The lowest BCUT2D eigenvalue weighted by Gasteiger charge is -2.30. The molecule has 2 amide bonds. The highest BCUT2D eigenvalue weighted by atomic mass is 19.1. The second-order valence-electron chi connectivity index (χ2n) is 7.76. The normalized spacial score (nSPS) is 15.1. The molecule has 0 aromatic heterocycles. The summed E-state index contributed by atoms with van der Waals surface area (Å²) < 4.78 is 14.0. The van der Waals surface area contributed by atoms with Crippen molar-refractivity contribution in [1.82, 2.24) is 10.2 Å². The van der Waals surface area contributed by atoms with E-state index in [1.165, 1.54) is 6.07 Å². The molecule has 3 rings (SSSR count). The van der Waals surface area contributed by atoms with E-state index >= 15 is 0 Å². The summed E-state index contributed by atoms with van der Waals surface area (Å²) in [5.74, 6) is -0.765. The molecule has 0 aliphatic heterocycles. The van der Waals surface area contributed by atoms with E-state index in [1.807, 2.05) is 30.3 Å². The van der Waals surface area contributed by atoms with Gasteiger partial charge in [-0.2, -0.15) is 0 Å². The van der Waals surface area contributed by atoms with Crippen molar-refractivity contribution in [3.05, 3.63) is 71.5 Å². The van der Waals surface area contributed by atoms with Crippen molar-refractivity contribution in [3.8, 4) is 0 Å². The Kier molecular flexibility index (Phi) is 7.39. The van der Waals surface area contributed by atoms with E-state index in [2.05, 4.69) is 5.32 Å². The highest BCUT2D eigenvalue weighted by Crippen LogP contribution is 2.18. The molecule has 1 atom stereocenters. The first-order chi connectivity index (χ1) is 14.0. The van der Waals surface area contributed by atoms with Gasteiger partial charge in [-0.3, -0.25) is 9.59 Å². The topological polar surface area (TPSA) is 49.4 Å². The first-order valence-electron chi connectivity index (χ1n) is 10.4. The van der Waals surface area contributed by atoms with Gasteiger partial charge in [0.15, 0.2) is 0 Å². The largest absolute Gasteiger partial charge is 0.352 e. The average molecular weight is 397 g/mol. The lowest BCUT2D eigenvalue weighted by atomic mass is 10.1. The monoisotopic (exact) mass is 396 g/mol. The van der Waals surface area contributed by atoms with Crippen LogP contribution in [0.25, 0.3) is 0 Å². The molecule has 0 heterocycles. The molecule has 154 valence electrons. The second-order valence-corrected chi connectivity index (χ2v) is 7.76. The van der Waals surface area contributed by atoms with Crippen molar-refractivity contribution in [2.75, 3.05) is 6.54 Å². The highest BCUT2D eigenvalue weighted by Gasteiger charge is 2.28. The SMILES string of the molecule is C[C@@H](C(=O)NC1CCCC1)N(CCc1ccccc1)C(=O)Cc1ccccc1F. The Balaban J connectivity index is 1.71. The van der Waals surface area contributed by atoms with Gasteiger partial charge in [0.05, 0.1) is 6.42 Å². The third kappa shape index (κ3) is 5.89. The third-order valence-electron chi connectivity index (χ3n) is 5.65. The van der Waals surface area contributed by atoms with Crippen molar-refractivity contribution in [3.63, 3.8) is 0 Å². The highest BCUT2D eigenvalue weighted by molar-refractivity contribution is 5.88. The molecule has 2 aromatic rings. The van der Waals surface area contributed by atoms with Crippen LogP contribution in [0.5, 0.6) is 0 Å². The molecule has 0 saturated heterocycles. The smallest absolute Gasteiger partial charge is 0.242 e. The number of carbonyl (C=O) groups is 2. The van der Waals surface area contributed by atoms with Crippen molar-refractivity contribution >= 4 is 11.8 Å². The Hall–Kier alpha value is -2.69. The average Bonchev–Trinajstić information content (AvgIpc) is 3.23. The van der Waals surface area contributed by atoms with Gasteiger partial charge < -0.3 is 10.2 Å². The van der Waals surface area contributed by atoms with Gasteiger partial charge in [-0.15, -0.1) is 0 Å². The van der Waals surface area contributed by atoms with Gasteiger partial charge in [-0.25, -0.2) is 4.39 Å². The first kappa shape index (κ1) is 21.0. The van der Waals surface area contributed by atoms with E-state index in [0.717, 1.165) is 31.2 Å². The van der Waals surface area contributed by atoms with Gasteiger partial charge in [-0.1, -0.05) is 61.4 Å². The molecule has 1 fully saturated rings. The fourth-order valence-electron chi connectivity index (χ4n) is 3.87. The molecule has 1 saturated carbocycles. The van der Waals surface area contributed by atoms with Crippen molar-refractivity contribution in [2.45, 2.75) is 57.5 Å². The van der Waals surface area contributed by atoms with E-state index in [-0.39, 0.29) is 24.3 Å². The Bertz CT molecular complexity index is 819. The quantitative estimate of drug-likeness (QED) is 0.736. The molecule has 0 radical (unpaired) electrons. The summed E-state index contributed by atoms with van der Waals surface area (Å²) in [4.78, 5) is 27.4. The number of hydrogen-bond donors (Lipinski definition) is 1. The Morgan fingerprint density at radius 3 is 2.41 bits per heavy atom. The number of carbonyl (C=O) groups excluding carboxylic acids is 2. The molecule has 1 aliphatic carbocycles. The summed E-state index contributed by atoms with van der Waals surface area (Å²) in [6.45, 7) is 2.17. The number of rotatable bonds is 8. The van der Waals surface area contributed by atoms with Crippen LogP contribution in [-0.2, 0) is 22.4 Å². The van der Waals surface area contributed by atoms with E-state index in [9.17, 15) is 14.0 Å². The van der Waals surface area contributed by atoms with Crippen LogP contribution in [0.15, 0.2) is 54.6 Å². The van der Waals surface area contributed by atoms with E-state index in [4.69, 9.17) is 0 Å². The van der Waals surface area contributed by atoms with Crippen LogP contribution in [0.3, 0.4) is 0 Å². The predicted octanol–water partition coefficient (Wildman–Crippen LogP) is 3.89. The molecule has 0 bridgehead atoms. The summed E-state index contributed by atoms with van der Waals surface area (Å²) in [5.41, 5.74) is 1.45. The summed E-state index contributed by atoms with van der Waals surface area (Å²) in [7, 11) is 0. The van der Waals surface area contributed by atoms with Crippen LogP contribution < -0.4 is 5.32 Å². The summed E-state index contributed by atoms with van der Waals surface area (Å²) in [6, 6.07) is 15.8. The van der Waals surface area contributed by atoms with E-state index in [1.54, 1.807) is 30.0 Å². The van der Waals surface area contributed by atoms with E-state index in [0.29, 0.717) is 18.5 Å². The maximum absolute atomic E-state index is 14.0. The Morgan fingerprint density at radius 1 is 1.07 bits per heavy atom. The minimum absolute atomic E-state index is 0.0531. The van der Waals surface area contributed by atoms with Crippen LogP contribution in [0.1, 0.15) is 43.7 Å². The molecule has 1 aliphatic rings. The summed E-state index contributed by atoms with van der Waals surface area (Å²) in [5, 5.41) is 3.08. The molecule has 0 spiro atoms. The molecule has 0 unspecified atom stereocenters. The molecule has 29 heavy (non-hydrogen) atoms. The maximum atomic E-state index is 14.0. The van der Waals surface area contributed by atoms with Crippen molar-refractivity contribution in [1.29, 1.82) is 0 Å². The van der Waals surface area contributed by atoms with E-state index < -0.39 is 11.9 Å². The van der Waals surface area contributed by atoms with Gasteiger partial charge in [0.1, 0.15) is 11.9 Å². The predicted molar refractivity (Wildman–Crippen MR) is 112 cm³/mol. The molecule has 2 aromatic carbocycles. The third-order valence-corrected chi connectivity index (χ3v) is 5.65. The standard InChI is InChI=1S/C24H29FN2O2/c1-18(24(29)26-21-12-6-7-13-21)27(16-15-19-9-3-2-4-10-19)23(28)17-20-11-5-8-14-22(20)25/h2-5,8-11,14,18,21H,6-7,12-13,15-17H2,1H3,(H,26,29)/t18-/m0/s1. The second kappa shape index (κ2) is 10.2. The number of amides is 2. The minimum atomic E-state index is -0.599. The van der Waals surface area contributed by atoms with Gasteiger partial charge in [0.25, 0.3) is 0 Å². The van der Waals surface area contributed by atoms with Crippen LogP contribution in [0.2, 0.25) is 0 Å². The minimum Gasteiger partial charge on any atom is -0.352 e. The number of benzene rings is 2. The number of nitrogens with zero attached hydrogens (tertiary/aromatic N) is 1. The number of hydrogen-bond acceptors (Lipinski definition) is 2. The van der Waals surface area contributed by atoms with Crippen molar-refractivity contribution < 1.29 is 14.0 Å². The van der Waals surface area contributed by atoms with Crippen LogP contribution in [0, 0.1) is 5.82 Å². The zero-order valence-corrected chi connectivity index (χ0v) is 16.9. The molecular formula is C24H29FN2O2. The maximum Gasteiger partial charge on any atom is 0.242 e. The van der Waals surface area contributed by atoms with Gasteiger partial charge in [0, 0.05) is 12.6 Å². The van der Waals surface area contributed by atoms with Crippen LogP contribution >= 0.6 is 0 Å². The summed E-state index contributed by atoms with van der Waals surface area (Å²) in [6.07, 6.45) is 4.83. The molecule has 1 N–H and O–H groups in total. The number of halogens is 1. The Labute approximate surface area is 172 Å². The van der Waals surface area contributed by atoms with Crippen LogP contribution in [0.4, 0.5) is 4.39 Å². The zero-order valence-electron chi connectivity index (χ0n) is 16.9. The van der Waals surface area contributed by atoms with Gasteiger partial charge in [-0.05, 0) is 43.4 Å². The van der Waals surface area contributed by atoms with Crippen molar-refractivity contribution in [2.24, 2.45) is 0 Å².